The Balaban J connectivity index is 1.59. The summed E-state index contributed by atoms with van der Waals surface area (Å²) >= 11 is 0. The van der Waals surface area contributed by atoms with E-state index in [0.717, 1.165) is 17.6 Å². The summed E-state index contributed by atoms with van der Waals surface area (Å²) in [6, 6.07) is 8.35. The Labute approximate surface area is 217 Å². The Kier molecular flexibility index (Phi) is 7.73. The van der Waals surface area contributed by atoms with Crippen LogP contribution in [0, 0.1) is 0 Å². The third-order valence-corrected chi connectivity index (χ3v) is 6.67. The molecule has 0 saturated carbocycles. The number of carbonyl (C=O) groups excluding carboxylic acids is 1. The highest BCUT2D eigenvalue weighted by molar-refractivity contribution is 6.04. The molecule has 3 aromatic rings. The lowest BCUT2D eigenvalue weighted by atomic mass is 9.81. The minimum Gasteiger partial charge on any atom is -0.322 e. The topological polar surface area (TPSA) is 85.1 Å². The van der Waals surface area contributed by atoms with Crippen molar-refractivity contribution < 1.29 is 22.4 Å². The first-order valence-corrected chi connectivity index (χ1v) is 12.2. The number of amides is 1. The third-order valence-electron chi connectivity index (χ3n) is 6.67. The van der Waals surface area contributed by atoms with Gasteiger partial charge in [-0.15, -0.1) is 10.2 Å². The number of benzene rings is 1. The average molecular weight is 535 g/mol. The Bertz CT molecular complexity index is 1360. The summed E-state index contributed by atoms with van der Waals surface area (Å²) in [4.78, 5) is 27.8. The van der Waals surface area contributed by atoms with Gasteiger partial charge in [0.05, 0.1) is 0 Å². The number of hydrogen-bond acceptors (Lipinski definition) is 5. The van der Waals surface area contributed by atoms with Crippen molar-refractivity contribution in [3.8, 4) is 0 Å². The zero-order valence-corrected chi connectivity index (χ0v) is 21.4. The predicted molar refractivity (Wildman–Crippen MR) is 134 cm³/mol. The Hall–Kier alpha value is -3.54. The van der Waals surface area contributed by atoms with E-state index in [0.29, 0.717) is 35.2 Å². The van der Waals surface area contributed by atoms with Crippen molar-refractivity contribution in [2.75, 3.05) is 18.4 Å². The number of rotatable bonds is 8. The normalized spacial score (nSPS) is 16.7. The van der Waals surface area contributed by atoms with Gasteiger partial charge in [0.1, 0.15) is 30.4 Å². The van der Waals surface area contributed by atoms with Gasteiger partial charge in [-0.05, 0) is 41.2 Å². The van der Waals surface area contributed by atoms with E-state index in [1.54, 1.807) is 29.4 Å². The van der Waals surface area contributed by atoms with Crippen LogP contribution in [0.4, 0.5) is 23.2 Å². The molecule has 2 aromatic heterocycles. The molecule has 0 aliphatic carbocycles. The van der Waals surface area contributed by atoms with Gasteiger partial charge < -0.3 is 14.5 Å². The van der Waals surface area contributed by atoms with Crippen LogP contribution >= 0.6 is 0 Å². The molecule has 1 fully saturated rings. The lowest BCUT2D eigenvalue weighted by molar-refractivity contribution is -0.141. The molecule has 4 rings (SSSR count). The highest BCUT2D eigenvalue weighted by Gasteiger charge is 2.30. The number of halogens is 4. The van der Waals surface area contributed by atoms with Crippen molar-refractivity contribution >= 4 is 11.6 Å². The largest absolute Gasteiger partial charge is 0.406 e. The molecule has 1 saturated heterocycles. The Morgan fingerprint density at radius 3 is 2.61 bits per heavy atom. The van der Waals surface area contributed by atoms with Crippen LogP contribution in [0.25, 0.3) is 0 Å². The molecule has 8 nitrogen and oxygen atoms in total. The number of nitrogens with one attached hydrogen (secondary N) is 1. The molecular formula is C26H30F4N6O2. The van der Waals surface area contributed by atoms with Gasteiger partial charge in [0.25, 0.3) is 11.5 Å². The van der Waals surface area contributed by atoms with E-state index in [4.69, 9.17) is 0 Å². The summed E-state index contributed by atoms with van der Waals surface area (Å²) in [5.41, 5.74) is -0.239. The van der Waals surface area contributed by atoms with Crippen LogP contribution in [0.1, 0.15) is 47.6 Å². The van der Waals surface area contributed by atoms with E-state index in [1.165, 1.54) is 6.07 Å². The maximum Gasteiger partial charge on any atom is 0.406 e. The lowest BCUT2D eigenvalue weighted by Crippen LogP contribution is -2.34. The minimum atomic E-state index is -4.66. The second-order valence-electron chi connectivity index (χ2n) is 10.4. The fourth-order valence-corrected chi connectivity index (χ4v) is 4.63. The van der Waals surface area contributed by atoms with Gasteiger partial charge in [-0.2, -0.15) is 13.2 Å². The van der Waals surface area contributed by atoms with Crippen LogP contribution in [0.5, 0.6) is 0 Å². The van der Waals surface area contributed by atoms with Gasteiger partial charge in [-0.1, -0.05) is 26.0 Å². The summed E-state index contributed by atoms with van der Waals surface area (Å²) in [5.74, 6) is -0.0376. The number of likely N-dealkylation sites (tertiary alicyclic amines) is 1. The van der Waals surface area contributed by atoms with Crippen LogP contribution in [0.3, 0.4) is 0 Å². The number of hydrogen-bond donors (Lipinski definition) is 1. The lowest BCUT2D eigenvalue weighted by Gasteiger charge is -2.25. The number of nitrogens with zero attached hydrogens (tertiary/aromatic N) is 5. The molecular weight excluding hydrogens is 504 g/mol. The molecule has 1 N–H and O–H groups in total. The highest BCUT2D eigenvalue weighted by Crippen LogP contribution is 2.29. The fraction of sp³-hybridized carbons (Fsp3) is 0.462. The molecule has 38 heavy (non-hydrogen) atoms. The Morgan fingerprint density at radius 2 is 1.97 bits per heavy atom. The third kappa shape index (κ3) is 6.66. The van der Waals surface area contributed by atoms with Crippen LogP contribution < -0.4 is 10.9 Å². The van der Waals surface area contributed by atoms with E-state index in [1.807, 2.05) is 31.5 Å². The second-order valence-corrected chi connectivity index (χ2v) is 10.4. The molecule has 0 spiro atoms. The molecule has 204 valence electrons. The fourth-order valence-electron chi connectivity index (χ4n) is 4.63. The zero-order chi connectivity index (χ0) is 27.7. The minimum absolute atomic E-state index is 0.130. The van der Waals surface area contributed by atoms with E-state index in [2.05, 4.69) is 15.5 Å². The van der Waals surface area contributed by atoms with Crippen LogP contribution in [0.2, 0.25) is 0 Å². The van der Waals surface area contributed by atoms with E-state index in [-0.39, 0.29) is 18.5 Å². The summed E-state index contributed by atoms with van der Waals surface area (Å²) in [5, 5.41) is 10.7. The van der Waals surface area contributed by atoms with Crippen molar-refractivity contribution in [1.29, 1.82) is 0 Å². The van der Waals surface area contributed by atoms with Crippen LogP contribution in [-0.2, 0) is 32.0 Å². The first-order chi connectivity index (χ1) is 17.8. The van der Waals surface area contributed by atoms with Gasteiger partial charge >= 0.3 is 6.18 Å². The van der Waals surface area contributed by atoms with Gasteiger partial charge in [0, 0.05) is 45.0 Å². The SMILES string of the molecule is Cn1cnnc1CC(C)(C)c1cccc(NC(=O)c2cc(CN3CC[C@@H](F)C3)cn(CC(F)(F)F)c2=O)c1. The molecule has 0 bridgehead atoms. The standard InChI is InChI=1S/C26H30F4N6O2/c1-25(2,11-22-33-31-16-34(22)3)18-5-4-6-20(10-18)32-23(37)21-9-17(12-35-8-7-19(27)14-35)13-36(24(21)38)15-26(28,29)30/h4-6,9-10,13,16,19H,7-8,11-12,14-15H2,1-3H3,(H,32,37)/t19-/m1/s1. The highest BCUT2D eigenvalue weighted by atomic mass is 19.4. The van der Waals surface area contributed by atoms with E-state index in [9.17, 15) is 27.2 Å². The monoisotopic (exact) mass is 534 g/mol. The summed E-state index contributed by atoms with van der Waals surface area (Å²) < 4.78 is 55.5. The number of carbonyl (C=O) groups is 1. The molecule has 0 radical (unpaired) electrons. The number of anilines is 1. The zero-order valence-electron chi connectivity index (χ0n) is 21.4. The summed E-state index contributed by atoms with van der Waals surface area (Å²) in [7, 11) is 1.85. The molecule has 1 aromatic carbocycles. The van der Waals surface area contributed by atoms with Gasteiger partial charge in [-0.3, -0.25) is 14.5 Å². The van der Waals surface area contributed by atoms with Crippen LogP contribution in [-0.4, -0.2) is 55.6 Å². The first-order valence-electron chi connectivity index (χ1n) is 12.2. The maximum absolute atomic E-state index is 13.6. The van der Waals surface area contributed by atoms with Crippen molar-refractivity contribution in [2.45, 2.75) is 57.5 Å². The first kappa shape index (κ1) is 27.5. The Morgan fingerprint density at radius 1 is 1.21 bits per heavy atom. The molecule has 3 heterocycles. The number of aryl methyl sites for hydroxylation is 1. The van der Waals surface area contributed by atoms with Gasteiger partial charge in [0.2, 0.25) is 0 Å². The predicted octanol–water partition coefficient (Wildman–Crippen LogP) is 3.86. The second kappa shape index (κ2) is 10.7. The molecule has 1 aliphatic rings. The van der Waals surface area contributed by atoms with Crippen molar-refractivity contribution in [3.63, 3.8) is 0 Å². The van der Waals surface area contributed by atoms with Crippen molar-refractivity contribution in [3.05, 3.63) is 75.7 Å². The molecule has 1 aliphatic heterocycles. The summed E-state index contributed by atoms with van der Waals surface area (Å²) in [6.07, 6.45) is -2.06. The maximum atomic E-state index is 13.6. The van der Waals surface area contributed by atoms with Crippen molar-refractivity contribution in [1.82, 2.24) is 24.2 Å². The van der Waals surface area contributed by atoms with E-state index < -0.39 is 35.9 Å². The molecule has 1 amide bonds. The molecule has 1 atom stereocenters. The average Bonchev–Trinajstić information content (AvgIpc) is 3.42. The smallest absolute Gasteiger partial charge is 0.322 e. The van der Waals surface area contributed by atoms with Gasteiger partial charge in [0.15, 0.2) is 0 Å². The van der Waals surface area contributed by atoms with E-state index >= 15 is 0 Å². The number of pyridine rings is 1. The van der Waals surface area contributed by atoms with Crippen LogP contribution in [0.15, 0.2) is 47.7 Å². The quantitative estimate of drug-likeness (QED) is 0.444. The van der Waals surface area contributed by atoms with Gasteiger partial charge in [-0.25, -0.2) is 4.39 Å². The van der Waals surface area contributed by atoms with Crippen molar-refractivity contribution in [2.24, 2.45) is 7.05 Å². The molecule has 12 heteroatoms. The number of aromatic nitrogens is 4. The number of alkyl halides is 4. The molecule has 0 unspecified atom stereocenters. The summed E-state index contributed by atoms with van der Waals surface area (Å²) in [6.45, 7) is 3.22.